The predicted octanol–water partition coefficient (Wildman–Crippen LogP) is 4.75. The Morgan fingerprint density at radius 3 is 2.48 bits per heavy atom. The van der Waals surface area contributed by atoms with Gasteiger partial charge in [0.2, 0.25) is 0 Å². The van der Waals surface area contributed by atoms with Crippen molar-refractivity contribution in [1.82, 2.24) is 9.97 Å². The number of amides is 1. The van der Waals surface area contributed by atoms with E-state index >= 15 is 0 Å². The highest BCUT2D eigenvalue weighted by Crippen LogP contribution is 2.25. The Morgan fingerprint density at radius 2 is 1.76 bits per heavy atom. The molecule has 0 spiro atoms. The van der Waals surface area contributed by atoms with Crippen molar-refractivity contribution in [1.29, 1.82) is 0 Å². The van der Waals surface area contributed by atoms with Gasteiger partial charge in [0.15, 0.2) is 0 Å². The average Bonchev–Trinajstić information content (AvgIpc) is 2.68. The molecule has 0 saturated carbocycles. The van der Waals surface area contributed by atoms with Gasteiger partial charge in [0, 0.05) is 12.6 Å². The van der Waals surface area contributed by atoms with Crippen LogP contribution in [-0.4, -0.2) is 22.0 Å². The molecule has 3 rings (SSSR count). The first-order valence-electron chi connectivity index (χ1n) is 9.63. The first-order chi connectivity index (χ1) is 13.9. The van der Waals surface area contributed by atoms with Gasteiger partial charge in [0.05, 0.1) is 11.8 Å². The summed E-state index contributed by atoms with van der Waals surface area (Å²) in [4.78, 5) is 21.5. The van der Waals surface area contributed by atoms with Crippen molar-refractivity contribution in [2.75, 3.05) is 10.6 Å². The molecule has 1 amide bonds. The SMILES string of the molecule is Cc1ccc(CNc2cc(C(=O)Nc3ccccc3OC(C)C)nc(C)n2)cc1. The van der Waals surface area contributed by atoms with Gasteiger partial charge in [-0.1, -0.05) is 42.0 Å². The van der Waals surface area contributed by atoms with Gasteiger partial charge in [0.1, 0.15) is 23.1 Å². The lowest BCUT2D eigenvalue weighted by molar-refractivity contribution is 0.102. The number of ether oxygens (including phenoxy) is 1. The smallest absolute Gasteiger partial charge is 0.274 e. The largest absolute Gasteiger partial charge is 0.489 e. The second-order valence-electron chi connectivity index (χ2n) is 7.14. The molecule has 0 unspecified atom stereocenters. The molecule has 6 heteroatoms. The first kappa shape index (κ1) is 20.3. The van der Waals surface area contributed by atoms with Crippen LogP contribution in [0.1, 0.15) is 41.3 Å². The van der Waals surface area contributed by atoms with E-state index in [-0.39, 0.29) is 12.0 Å². The molecule has 29 heavy (non-hydrogen) atoms. The minimum absolute atomic E-state index is 0.00641. The minimum atomic E-state index is -0.311. The molecule has 0 bridgehead atoms. The number of hydrogen-bond acceptors (Lipinski definition) is 5. The highest BCUT2D eigenvalue weighted by Gasteiger charge is 2.14. The minimum Gasteiger partial charge on any atom is -0.489 e. The zero-order valence-corrected chi connectivity index (χ0v) is 17.2. The molecular weight excluding hydrogens is 364 g/mol. The Labute approximate surface area is 171 Å². The van der Waals surface area contributed by atoms with E-state index < -0.39 is 0 Å². The quantitative estimate of drug-likeness (QED) is 0.609. The first-order valence-corrected chi connectivity index (χ1v) is 9.63. The Balaban J connectivity index is 1.73. The maximum Gasteiger partial charge on any atom is 0.274 e. The zero-order valence-electron chi connectivity index (χ0n) is 17.2. The molecule has 3 aromatic rings. The van der Waals surface area contributed by atoms with Crippen molar-refractivity contribution in [3.05, 3.63) is 77.2 Å². The molecule has 0 aliphatic heterocycles. The summed E-state index contributed by atoms with van der Waals surface area (Å²) in [6.07, 6.45) is 0.00641. The van der Waals surface area contributed by atoms with Gasteiger partial charge in [-0.25, -0.2) is 9.97 Å². The summed E-state index contributed by atoms with van der Waals surface area (Å²) >= 11 is 0. The number of anilines is 2. The summed E-state index contributed by atoms with van der Waals surface area (Å²) in [5.74, 6) is 1.44. The third kappa shape index (κ3) is 5.78. The van der Waals surface area contributed by atoms with Crippen LogP contribution in [0.15, 0.2) is 54.6 Å². The number of nitrogens with zero attached hydrogens (tertiary/aromatic N) is 2. The Bertz CT molecular complexity index is 984. The molecule has 150 valence electrons. The van der Waals surface area contributed by atoms with Crippen molar-refractivity contribution in [3.63, 3.8) is 0 Å². The third-order valence-electron chi connectivity index (χ3n) is 4.16. The number of aromatic nitrogens is 2. The summed E-state index contributed by atoms with van der Waals surface area (Å²) in [6.45, 7) is 8.32. The number of benzene rings is 2. The number of carbonyl (C=O) groups is 1. The van der Waals surface area contributed by atoms with Gasteiger partial charge in [-0.05, 0) is 45.4 Å². The maximum atomic E-state index is 12.8. The molecule has 2 N–H and O–H groups in total. The Hall–Kier alpha value is -3.41. The standard InChI is InChI=1S/C23H26N4O2/c1-15(2)29-21-8-6-5-7-19(21)27-23(28)20-13-22(26-17(4)25-20)24-14-18-11-9-16(3)10-12-18/h5-13,15H,14H2,1-4H3,(H,27,28)(H,24,25,26). The van der Waals surface area contributed by atoms with Gasteiger partial charge < -0.3 is 15.4 Å². The summed E-state index contributed by atoms with van der Waals surface area (Å²) in [5, 5.41) is 6.15. The number of para-hydroxylation sites is 2. The fraction of sp³-hybridized carbons (Fsp3) is 0.261. The summed E-state index contributed by atoms with van der Waals surface area (Å²) in [6, 6.07) is 17.3. The molecule has 0 aliphatic carbocycles. The van der Waals surface area contributed by atoms with Crippen molar-refractivity contribution in [2.24, 2.45) is 0 Å². The molecule has 0 aliphatic rings. The van der Waals surface area contributed by atoms with E-state index in [1.165, 1.54) is 5.56 Å². The summed E-state index contributed by atoms with van der Waals surface area (Å²) < 4.78 is 5.77. The molecule has 0 atom stereocenters. The van der Waals surface area contributed by atoms with Crippen LogP contribution in [0.25, 0.3) is 0 Å². The monoisotopic (exact) mass is 390 g/mol. The van der Waals surface area contributed by atoms with E-state index in [1.54, 1.807) is 19.1 Å². The van der Waals surface area contributed by atoms with E-state index in [1.807, 2.05) is 32.0 Å². The third-order valence-corrected chi connectivity index (χ3v) is 4.16. The van der Waals surface area contributed by atoms with E-state index in [4.69, 9.17) is 4.74 Å². The molecule has 1 aromatic heterocycles. The molecule has 0 radical (unpaired) electrons. The number of carbonyl (C=O) groups excluding carboxylic acids is 1. The molecule has 0 fully saturated rings. The van der Waals surface area contributed by atoms with Crippen LogP contribution in [0.5, 0.6) is 5.75 Å². The fourth-order valence-electron chi connectivity index (χ4n) is 2.79. The number of rotatable bonds is 7. The van der Waals surface area contributed by atoms with Crippen LogP contribution in [0.3, 0.4) is 0 Å². The predicted molar refractivity (Wildman–Crippen MR) is 115 cm³/mol. The Kier molecular flexibility index (Phi) is 6.44. The van der Waals surface area contributed by atoms with Crippen LogP contribution in [-0.2, 0) is 6.54 Å². The van der Waals surface area contributed by atoms with Crippen LogP contribution < -0.4 is 15.4 Å². The van der Waals surface area contributed by atoms with Crippen LogP contribution in [0, 0.1) is 13.8 Å². The maximum absolute atomic E-state index is 12.8. The van der Waals surface area contributed by atoms with E-state index in [0.717, 1.165) is 5.56 Å². The van der Waals surface area contributed by atoms with Crippen LogP contribution in [0.2, 0.25) is 0 Å². The van der Waals surface area contributed by atoms with Crippen molar-refractivity contribution < 1.29 is 9.53 Å². The van der Waals surface area contributed by atoms with Crippen LogP contribution in [0.4, 0.5) is 11.5 Å². The zero-order chi connectivity index (χ0) is 20.8. The normalized spacial score (nSPS) is 10.7. The van der Waals surface area contributed by atoms with Gasteiger partial charge in [-0.2, -0.15) is 0 Å². The highest BCUT2D eigenvalue weighted by atomic mass is 16.5. The second-order valence-corrected chi connectivity index (χ2v) is 7.14. The number of hydrogen-bond donors (Lipinski definition) is 2. The van der Waals surface area contributed by atoms with Gasteiger partial charge >= 0.3 is 0 Å². The summed E-state index contributed by atoms with van der Waals surface area (Å²) in [5.41, 5.74) is 3.25. The molecule has 6 nitrogen and oxygen atoms in total. The number of aryl methyl sites for hydroxylation is 2. The molecule has 0 saturated heterocycles. The fourth-order valence-corrected chi connectivity index (χ4v) is 2.79. The average molecular weight is 390 g/mol. The lowest BCUT2D eigenvalue weighted by atomic mass is 10.1. The lowest BCUT2D eigenvalue weighted by Gasteiger charge is -2.15. The highest BCUT2D eigenvalue weighted by molar-refractivity contribution is 6.04. The molecule has 1 heterocycles. The summed E-state index contributed by atoms with van der Waals surface area (Å²) in [7, 11) is 0. The van der Waals surface area contributed by atoms with Gasteiger partial charge in [-0.15, -0.1) is 0 Å². The molecular formula is C23H26N4O2. The van der Waals surface area contributed by atoms with Crippen molar-refractivity contribution >= 4 is 17.4 Å². The van der Waals surface area contributed by atoms with Crippen molar-refractivity contribution in [2.45, 2.75) is 40.3 Å². The van der Waals surface area contributed by atoms with Crippen molar-refractivity contribution in [3.8, 4) is 5.75 Å². The number of nitrogens with one attached hydrogen (secondary N) is 2. The topological polar surface area (TPSA) is 76.1 Å². The van der Waals surface area contributed by atoms with Gasteiger partial charge in [0.25, 0.3) is 5.91 Å². The van der Waals surface area contributed by atoms with E-state index in [0.29, 0.717) is 35.3 Å². The van der Waals surface area contributed by atoms with E-state index in [9.17, 15) is 4.79 Å². The second kappa shape index (κ2) is 9.19. The Morgan fingerprint density at radius 1 is 1.03 bits per heavy atom. The molecule has 2 aromatic carbocycles. The van der Waals surface area contributed by atoms with Gasteiger partial charge in [-0.3, -0.25) is 4.79 Å². The van der Waals surface area contributed by atoms with Crippen LogP contribution >= 0.6 is 0 Å². The lowest BCUT2D eigenvalue weighted by Crippen LogP contribution is -2.17. The van der Waals surface area contributed by atoms with E-state index in [2.05, 4.69) is 51.8 Å².